The van der Waals surface area contributed by atoms with E-state index in [0.29, 0.717) is 6.54 Å². The summed E-state index contributed by atoms with van der Waals surface area (Å²) >= 11 is 0.956. The standard InChI is InChI=1S/C15H16N2O3S2/c16-22(19,20)14-12(6-9-21-14)13(18)17-10-15(7-8-15)11-4-2-1-3-5-11/h1-6,9H,7-8,10H2,(H,17,18)(H2,16,19,20). The van der Waals surface area contributed by atoms with Crippen LogP contribution in [0, 0.1) is 0 Å². The van der Waals surface area contributed by atoms with Crippen LogP contribution < -0.4 is 10.5 Å². The molecule has 0 radical (unpaired) electrons. The number of hydrogen-bond acceptors (Lipinski definition) is 4. The summed E-state index contributed by atoms with van der Waals surface area (Å²) < 4.78 is 22.8. The number of primary sulfonamides is 1. The van der Waals surface area contributed by atoms with Crippen LogP contribution in [0.25, 0.3) is 0 Å². The molecule has 0 bridgehead atoms. The van der Waals surface area contributed by atoms with Crippen molar-refractivity contribution in [3.63, 3.8) is 0 Å². The molecule has 1 aromatic carbocycles. The molecule has 3 rings (SSSR count). The van der Waals surface area contributed by atoms with Gasteiger partial charge in [0.1, 0.15) is 4.21 Å². The van der Waals surface area contributed by atoms with E-state index in [9.17, 15) is 13.2 Å². The summed E-state index contributed by atoms with van der Waals surface area (Å²) in [5, 5.41) is 9.53. The minimum absolute atomic E-state index is 0.0192. The van der Waals surface area contributed by atoms with E-state index in [1.165, 1.54) is 11.6 Å². The number of amides is 1. The van der Waals surface area contributed by atoms with Crippen molar-refractivity contribution >= 4 is 27.3 Å². The molecule has 7 heteroatoms. The molecule has 1 fully saturated rings. The molecule has 22 heavy (non-hydrogen) atoms. The normalized spacial score (nSPS) is 16.2. The van der Waals surface area contributed by atoms with Gasteiger partial charge in [-0.3, -0.25) is 4.79 Å². The van der Waals surface area contributed by atoms with Crippen LogP contribution in [0.3, 0.4) is 0 Å². The van der Waals surface area contributed by atoms with Gasteiger partial charge in [0.15, 0.2) is 0 Å². The Balaban J connectivity index is 1.73. The van der Waals surface area contributed by atoms with Crippen molar-refractivity contribution in [2.75, 3.05) is 6.54 Å². The van der Waals surface area contributed by atoms with E-state index >= 15 is 0 Å². The highest BCUT2D eigenvalue weighted by molar-refractivity contribution is 7.91. The van der Waals surface area contributed by atoms with Crippen LogP contribution in [0.15, 0.2) is 46.0 Å². The molecular formula is C15H16N2O3S2. The number of rotatable bonds is 5. The topological polar surface area (TPSA) is 89.3 Å². The Morgan fingerprint density at radius 3 is 2.50 bits per heavy atom. The van der Waals surface area contributed by atoms with Crippen LogP contribution in [0.5, 0.6) is 0 Å². The van der Waals surface area contributed by atoms with Crippen molar-refractivity contribution < 1.29 is 13.2 Å². The fourth-order valence-electron chi connectivity index (χ4n) is 2.54. The van der Waals surface area contributed by atoms with Crippen molar-refractivity contribution in [3.05, 3.63) is 52.9 Å². The van der Waals surface area contributed by atoms with E-state index in [4.69, 9.17) is 5.14 Å². The highest BCUT2D eigenvalue weighted by Gasteiger charge is 2.44. The smallest absolute Gasteiger partial charge is 0.253 e. The number of carbonyl (C=O) groups is 1. The summed E-state index contributed by atoms with van der Waals surface area (Å²) in [6, 6.07) is 11.5. The van der Waals surface area contributed by atoms with Crippen LogP contribution in [0.2, 0.25) is 0 Å². The maximum Gasteiger partial charge on any atom is 0.253 e. The fraction of sp³-hybridized carbons (Fsp3) is 0.267. The lowest BCUT2D eigenvalue weighted by molar-refractivity contribution is 0.0947. The first-order valence-electron chi connectivity index (χ1n) is 6.86. The summed E-state index contributed by atoms with van der Waals surface area (Å²) in [6.45, 7) is 0.496. The van der Waals surface area contributed by atoms with Crippen molar-refractivity contribution in [3.8, 4) is 0 Å². The molecule has 3 N–H and O–H groups in total. The van der Waals surface area contributed by atoms with E-state index in [-0.39, 0.29) is 15.2 Å². The molecule has 1 aliphatic carbocycles. The molecule has 1 aromatic heterocycles. The zero-order valence-corrected chi connectivity index (χ0v) is 13.4. The third kappa shape index (κ3) is 2.92. The zero-order chi connectivity index (χ0) is 15.8. The number of sulfonamides is 1. The summed E-state index contributed by atoms with van der Waals surface area (Å²) in [4.78, 5) is 12.3. The lowest BCUT2D eigenvalue weighted by Gasteiger charge is -2.16. The molecule has 0 aliphatic heterocycles. The van der Waals surface area contributed by atoms with E-state index in [1.807, 2.05) is 18.2 Å². The highest BCUT2D eigenvalue weighted by atomic mass is 32.2. The summed E-state index contributed by atoms with van der Waals surface area (Å²) in [5.41, 5.74) is 1.30. The molecule has 1 aliphatic rings. The molecule has 2 aromatic rings. The molecular weight excluding hydrogens is 320 g/mol. The van der Waals surface area contributed by atoms with Crippen LogP contribution in [0.1, 0.15) is 28.8 Å². The van der Waals surface area contributed by atoms with Crippen LogP contribution in [-0.2, 0) is 15.4 Å². The predicted molar refractivity (Wildman–Crippen MR) is 85.4 cm³/mol. The first-order chi connectivity index (χ1) is 10.4. The first-order valence-corrected chi connectivity index (χ1v) is 9.29. The Kier molecular flexibility index (Phi) is 3.80. The molecule has 1 amide bonds. The number of benzene rings is 1. The molecule has 0 atom stereocenters. The van der Waals surface area contributed by atoms with Gasteiger partial charge in [-0.15, -0.1) is 11.3 Å². The second-order valence-electron chi connectivity index (χ2n) is 5.50. The van der Waals surface area contributed by atoms with Gasteiger partial charge in [0.2, 0.25) is 10.0 Å². The Bertz CT molecular complexity index is 793. The Hall–Kier alpha value is -1.70. The van der Waals surface area contributed by atoms with Crippen LogP contribution in [0.4, 0.5) is 0 Å². The second-order valence-corrected chi connectivity index (χ2v) is 8.17. The maximum atomic E-state index is 12.3. The third-order valence-electron chi connectivity index (χ3n) is 3.96. The van der Waals surface area contributed by atoms with E-state index in [0.717, 1.165) is 24.2 Å². The molecule has 1 saturated carbocycles. The predicted octanol–water partition coefficient (Wildman–Crippen LogP) is 1.86. The van der Waals surface area contributed by atoms with Gasteiger partial charge >= 0.3 is 0 Å². The lowest BCUT2D eigenvalue weighted by Crippen LogP contribution is -2.33. The fourth-order valence-corrected chi connectivity index (χ4v) is 4.32. The lowest BCUT2D eigenvalue weighted by atomic mass is 9.96. The summed E-state index contributed by atoms with van der Waals surface area (Å²) in [6.07, 6.45) is 2.03. The van der Waals surface area contributed by atoms with Gasteiger partial charge in [-0.1, -0.05) is 30.3 Å². The second kappa shape index (κ2) is 5.49. The van der Waals surface area contributed by atoms with Crippen LogP contribution in [-0.4, -0.2) is 20.9 Å². The van der Waals surface area contributed by atoms with E-state index in [1.54, 1.807) is 5.38 Å². The average Bonchev–Trinajstić information content (AvgIpc) is 3.10. The molecule has 0 spiro atoms. The van der Waals surface area contributed by atoms with Crippen molar-refractivity contribution in [2.24, 2.45) is 5.14 Å². The average molecular weight is 336 g/mol. The van der Waals surface area contributed by atoms with Crippen molar-refractivity contribution in [1.82, 2.24) is 5.32 Å². The zero-order valence-electron chi connectivity index (χ0n) is 11.8. The SMILES string of the molecule is NS(=O)(=O)c1sccc1C(=O)NCC1(c2ccccc2)CC1. The minimum atomic E-state index is -3.87. The van der Waals surface area contributed by atoms with E-state index in [2.05, 4.69) is 17.4 Å². The van der Waals surface area contributed by atoms with Crippen LogP contribution >= 0.6 is 11.3 Å². The number of thiophene rings is 1. The maximum absolute atomic E-state index is 12.3. The van der Waals surface area contributed by atoms with Gasteiger partial charge in [-0.05, 0) is 29.9 Å². The van der Waals surface area contributed by atoms with Gasteiger partial charge in [0.05, 0.1) is 5.56 Å². The Morgan fingerprint density at radius 1 is 1.23 bits per heavy atom. The van der Waals surface area contributed by atoms with Gasteiger partial charge < -0.3 is 5.32 Å². The third-order valence-corrected chi connectivity index (χ3v) is 6.39. The number of nitrogens with one attached hydrogen (secondary N) is 1. The number of hydrogen-bond donors (Lipinski definition) is 2. The molecule has 0 unspecified atom stereocenters. The number of nitrogens with two attached hydrogens (primary N) is 1. The highest BCUT2D eigenvalue weighted by Crippen LogP contribution is 2.47. The van der Waals surface area contributed by atoms with Crippen molar-refractivity contribution in [2.45, 2.75) is 22.5 Å². The number of carbonyl (C=O) groups excluding carboxylic acids is 1. The van der Waals surface area contributed by atoms with E-state index < -0.39 is 15.9 Å². The summed E-state index contributed by atoms with van der Waals surface area (Å²) in [5.74, 6) is -0.396. The van der Waals surface area contributed by atoms with Gasteiger partial charge in [0.25, 0.3) is 5.91 Å². The largest absolute Gasteiger partial charge is 0.351 e. The molecule has 1 heterocycles. The van der Waals surface area contributed by atoms with Gasteiger partial charge in [-0.25, -0.2) is 13.6 Å². The molecule has 116 valence electrons. The first kappa shape index (κ1) is 15.2. The van der Waals surface area contributed by atoms with Gasteiger partial charge in [0, 0.05) is 12.0 Å². The Labute approximate surface area is 133 Å². The summed E-state index contributed by atoms with van der Waals surface area (Å²) in [7, 11) is -3.87. The van der Waals surface area contributed by atoms with Gasteiger partial charge in [-0.2, -0.15) is 0 Å². The van der Waals surface area contributed by atoms with Crippen molar-refractivity contribution in [1.29, 1.82) is 0 Å². The monoisotopic (exact) mass is 336 g/mol. The quantitative estimate of drug-likeness (QED) is 0.873. The molecule has 0 saturated heterocycles. The Morgan fingerprint density at radius 2 is 1.91 bits per heavy atom. The molecule has 5 nitrogen and oxygen atoms in total. The minimum Gasteiger partial charge on any atom is -0.351 e.